The van der Waals surface area contributed by atoms with Crippen molar-refractivity contribution in [3.63, 3.8) is 0 Å². The van der Waals surface area contributed by atoms with Gasteiger partial charge < -0.3 is 9.42 Å². The third kappa shape index (κ3) is 3.54. The van der Waals surface area contributed by atoms with Crippen molar-refractivity contribution in [3.05, 3.63) is 46.6 Å². The molecule has 2 aromatic rings. The van der Waals surface area contributed by atoms with Crippen LogP contribution in [-0.2, 0) is 0 Å². The van der Waals surface area contributed by atoms with Crippen LogP contribution < -0.4 is 0 Å². The van der Waals surface area contributed by atoms with E-state index in [0.29, 0.717) is 35.9 Å². The van der Waals surface area contributed by atoms with Crippen molar-refractivity contribution in [1.82, 2.24) is 19.9 Å². The van der Waals surface area contributed by atoms with Crippen LogP contribution in [-0.4, -0.2) is 52.0 Å². The smallest absolute Gasteiger partial charge is 0.254 e. The molecule has 2 heterocycles. The molecule has 0 radical (unpaired) electrons. The van der Waals surface area contributed by atoms with E-state index in [1.165, 1.54) is 0 Å². The molecule has 1 atom stereocenters. The van der Waals surface area contributed by atoms with Crippen LogP contribution in [0.25, 0.3) is 0 Å². The maximum atomic E-state index is 12.8. The molecule has 1 saturated heterocycles. The molecule has 1 aromatic carbocycles. The Hall–Kier alpha value is -2.72. The third-order valence-electron chi connectivity index (χ3n) is 4.64. The Morgan fingerprint density at radius 1 is 1.28 bits per heavy atom. The second-order valence-electron chi connectivity index (χ2n) is 6.33. The van der Waals surface area contributed by atoms with Crippen molar-refractivity contribution >= 4 is 5.91 Å². The quantitative estimate of drug-likeness (QED) is 0.851. The number of aromatic nitrogens is 2. The zero-order chi connectivity index (χ0) is 18.0. The number of piperazine rings is 1. The highest BCUT2D eigenvalue weighted by Gasteiger charge is 2.28. The summed E-state index contributed by atoms with van der Waals surface area (Å²) in [6.45, 7) is 8.51. The lowest BCUT2D eigenvalue weighted by atomic mass is 10.0. The zero-order valence-electron chi connectivity index (χ0n) is 14.7. The molecule has 130 valence electrons. The van der Waals surface area contributed by atoms with Crippen LogP contribution in [0.4, 0.5) is 0 Å². The van der Waals surface area contributed by atoms with Gasteiger partial charge >= 0.3 is 0 Å². The number of carbonyl (C=O) groups is 1. The van der Waals surface area contributed by atoms with Gasteiger partial charge in [0.05, 0.1) is 17.7 Å². The first-order valence-electron chi connectivity index (χ1n) is 8.34. The zero-order valence-corrected chi connectivity index (χ0v) is 14.7. The van der Waals surface area contributed by atoms with Gasteiger partial charge in [0.1, 0.15) is 0 Å². The summed E-state index contributed by atoms with van der Waals surface area (Å²) < 4.78 is 5.25. The van der Waals surface area contributed by atoms with Gasteiger partial charge in [0, 0.05) is 31.7 Å². The van der Waals surface area contributed by atoms with Gasteiger partial charge in [0.2, 0.25) is 5.89 Å². The second-order valence-corrected chi connectivity index (χ2v) is 6.33. The number of aryl methyl sites for hydroxylation is 2. The average molecular weight is 339 g/mol. The molecule has 0 N–H and O–H groups in total. The van der Waals surface area contributed by atoms with Gasteiger partial charge in [-0.3, -0.25) is 9.69 Å². The molecular weight excluding hydrogens is 318 g/mol. The van der Waals surface area contributed by atoms with E-state index in [9.17, 15) is 4.79 Å². The summed E-state index contributed by atoms with van der Waals surface area (Å²) >= 11 is 0. The Balaban J connectivity index is 1.64. The van der Waals surface area contributed by atoms with Crippen molar-refractivity contribution in [1.29, 1.82) is 5.26 Å². The molecule has 3 rings (SSSR count). The Morgan fingerprint density at radius 2 is 2.00 bits per heavy atom. The lowest BCUT2D eigenvalue weighted by Gasteiger charge is -2.37. The number of carbonyl (C=O) groups excluding carboxylic acids is 1. The highest BCUT2D eigenvalue weighted by atomic mass is 16.5. The van der Waals surface area contributed by atoms with Gasteiger partial charge in [-0.15, -0.1) is 0 Å². The van der Waals surface area contributed by atoms with Crippen LogP contribution >= 0.6 is 0 Å². The van der Waals surface area contributed by atoms with E-state index in [0.717, 1.165) is 18.7 Å². The largest absolute Gasteiger partial charge is 0.338 e. The van der Waals surface area contributed by atoms with E-state index in [-0.39, 0.29) is 11.9 Å². The van der Waals surface area contributed by atoms with E-state index in [1.807, 2.05) is 18.7 Å². The van der Waals surface area contributed by atoms with Crippen LogP contribution in [0, 0.1) is 25.2 Å². The first-order chi connectivity index (χ1) is 12.0. The van der Waals surface area contributed by atoms with Crippen LogP contribution in [0.1, 0.15) is 46.2 Å². The van der Waals surface area contributed by atoms with E-state index in [2.05, 4.69) is 21.1 Å². The topological polar surface area (TPSA) is 86.3 Å². The summed E-state index contributed by atoms with van der Waals surface area (Å²) in [7, 11) is 0. The summed E-state index contributed by atoms with van der Waals surface area (Å²) in [5, 5.41) is 12.8. The molecule has 7 nitrogen and oxygen atoms in total. The highest BCUT2D eigenvalue weighted by Crippen LogP contribution is 2.21. The maximum absolute atomic E-state index is 12.8. The first kappa shape index (κ1) is 17.1. The fraction of sp³-hybridized carbons (Fsp3) is 0.444. The fourth-order valence-electron chi connectivity index (χ4n) is 3.09. The predicted octanol–water partition coefficient (Wildman–Crippen LogP) is 2.08. The lowest BCUT2D eigenvalue weighted by Crippen LogP contribution is -2.49. The molecule has 0 bridgehead atoms. The minimum atomic E-state index is 0.0166. The molecule has 1 fully saturated rings. The highest BCUT2D eigenvalue weighted by molar-refractivity contribution is 5.95. The summed E-state index contributed by atoms with van der Waals surface area (Å²) in [5.41, 5.74) is 2.07. The molecule has 25 heavy (non-hydrogen) atoms. The average Bonchev–Trinajstić information content (AvgIpc) is 3.07. The molecule has 0 saturated carbocycles. The lowest BCUT2D eigenvalue weighted by molar-refractivity contribution is 0.0551. The summed E-state index contributed by atoms with van der Waals surface area (Å²) in [6.07, 6.45) is 0. The van der Waals surface area contributed by atoms with Crippen LogP contribution in [0.15, 0.2) is 22.7 Å². The summed E-state index contributed by atoms with van der Waals surface area (Å²) in [6, 6.07) is 7.32. The molecule has 0 aliphatic carbocycles. The van der Waals surface area contributed by atoms with Crippen molar-refractivity contribution in [3.8, 4) is 6.07 Å². The molecule has 1 amide bonds. The van der Waals surface area contributed by atoms with E-state index in [1.54, 1.807) is 25.1 Å². The minimum Gasteiger partial charge on any atom is -0.338 e. The Labute approximate surface area is 146 Å². The van der Waals surface area contributed by atoms with Crippen molar-refractivity contribution < 1.29 is 9.32 Å². The summed E-state index contributed by atoms with van der Waals surface area (Å²) in [4.78, 5) is 21.1. The molecule has 1 unspecified atom stereocenters. The van der Waals surface area contributed by atoms with Crippen molar-refractivity contribution in [2.45, 2.75) is 26.8 Å². The van der Waals surface area contributed by atoms with E-state index >= 15 is 0 Å². The number of hydrogen-bond acceptors (Lipinski definition) is 6. The number of benzene rings is 1. The fourth-order valence-corrected chi connectivity index (χ4v) is 3.09. The number of rotatable bonds is 3. The van der Waals surface area contributed by atoms with Crippen molar-refractivity contribution in [2.75, 3.05) is 26.2 Å². The van der Waals surface area contributed by atoms with Crippen LogP contribution in [0.2, 0.25) is 0 Å². The van der Waals surface area contributed by atoms with Gasteiger partial charge in [-0.2, -0.15) is 10.2 Å². The van der Waals surface area contributed by atoms with E-state index in [4.69, 9.17) is 9.78 Å². The molecule has 1 aliphatic rings. The molecule has 0 spiro atoms. The van der Waals surface area contributed by atoms with Crippen LogP contribution in [0.5, 0.6) is 0 Å². The molecule has 7 heteroatoms. The van der Waals surface area contributed by atoms with Gasteiger partial charge in [-0.1, -0.05) is 5.16 Å². The first-order valence-corrected chi connectivity index (χ1v) is 8.34. The molecule has 1 aliphatic heterocycles. The monoisotopic (exact) mass is 339 g/mol. The number of hydrogen-bond donors (Lipinski definition) is 0. The van der Waals surface area contributed by atoms with Gasteiger partial charge in [0.15, 0.2) is 5.82 Å². The second kappa shape index (κ2) is 7.03. The van der Waals surface area contributed by atoms with E-state index < -0.39 is 0 Å². The van der Waals surface area contributed by atoms with Crippen molar-refractivity contribution in [2.24, 2.45) is 0 Å². The maximum Gasteiger partial charge on any atom is 0.254 e. The Kier molecular flexibility index (Phi) is 4.81. The molecule has 1 aromatic heterocycles. The van der Waals surface area contributed by atoms with Gasteiger partial charge in [0.25, 0.3) is 5.91 Å². The molecular formula is C18H21N5O2. The van der Waals surface area contributed by atoms with Gasteiger partial charge in [-0.05, 0) is 44.5 Å². The normalized spacial score (nSPS) is 16.5. The summed E-state index contributed by atoms with van der Waals surface area (Å²) in [5.74, 6) is 1.26. The Bertz CT molecular complexity index is 815. The predicted molar refractivity (Wildman–Crippen MR) is 90.8 cm³/mol. The Morgan fingerprint density at radius 3 is 2.56 bits per heavy atom. The van der Waals surface area contributed by atoms with Crippen LogP contribution in [0.3, 0.4) is 0 Å². The number of nitrogens with zero attached hydrogens (tertiary/aromatic N) is 5. The number of nitriles is 1. The third-order valence-corrected chi connectivity index (χ3v) is 4.64. The number of amides is 1. The minimum absolute atomic E-state index is 0.0166. The van der Waals surface area contributed by atoms with Gasteiger partial charge in [-0.25, -0.2) is 0 Å². The standard InChI is InChI=1S/C18H21N5O2/c1-12-10-15(11-19)4-5-16(12)18(24)23-8-6-22(7-9-23)13(2)17-20-14(3)21-25-17/h4-5,10,13H,6-9H2,1-3H3. The SMILES string of the molecule is Cc1noc(C(C)N2CCN(C(=O)c3ccc(C#N)cc3C)CC2)n1.